The average Bonchev–Trinajstić information content (AvgIpc) is 3.27. The van der Waals surface area contributed by atoms with Gasteiger partial charge in [0.25, 0.3) is 5.91 Å². The first kappa shape index (κ1) is 18.9. The lowest BCUT2D eigenvalue weighted by molar-refractivity contribution is -0.113. The Kier molecular flexibility index (Phi) is 4.71. The molecule has 4 rings (SSSR count). The largest absolute Gasteiger partial charge is 0.496 e. The van der Waals surface area contributed by atoms with Crippen LogP contribution in [0.2, 0.25) is 5.15 Å². The van der Waals surface area contributed by atoms with Crippen LogP contribution < -0.4 is 15.4 Å². The monoisotopic (exact) mass is 410 g/mol. The number of nitrogens with two attached hydrogens (primary N) is 1. The second-order valence-corrected chi connectivity index (χ2v) is 7.05. The molecule has 3 N–H and O–H groups in total. The SMILES string of the molecule is COc1c(C)cnc(CN2C(=O)/C(=C\c3ccc[nH]3)c3c(Cl)nc(N)nc32)c1C. The number of methoxy groups -OCH3 is 1. The minimum Gasteiger partial charge on any atom is -0.496 e. The molecule has 9 heteroatoms. The molecule has 0 fully saturated rings. The minimum atomic E-state index is -0.253. The molecule has 0 atom stereocenters. The van der Waals surface area contributed by atoms with Gasteiger partial charge in [0.15, 0.2) is 5.82 Å². The van der Waals surface area contributed by atoms with Crippen molar-refractivity contribution in [1.29, 1.82) is 0 Å². The molecule has 0 aliphatic carbocycles. The van der Waals surface area contributed by atoms with Gasteiger partial charge >= 0.3 is 0 Å². The van der Waals surface area contributed by atoms with Crippen molar-refractivity contribution in [2.75, 3.05) is 17.7 Å². The zero-order valence-electron chi connectivity index (χ0n) is 16.2. The van der Waals surface area contributed by atoms with Crippen LogP contribution in [0.3, 0.4) is 0 Å². The summed E-state index contributed by atoms with van der Waals surface area (Å²) in [5, 5.41) is 0.132. The third-order valence-corrected chi connectivity index (χ3v) is 5.12. The molecule has 8 nitrogen and oxygen atoms in total. The summed E-state index contributed by atoms with van der Waals surface area (Å²) in [6.07, 6.45) is 5.22. The second kappa shape index (κ2) is 7.21. The van der Waals surface area contributed by atoms with Crippen molar-refractivity contribution in [1.82, 2.24) is 19.9 Å². The third-order valence-electron chi connectivity index (χ3n) is 4.84. The standard InChI is InChI=1S/C20H19ClN6O2/c1-10-8-24-14(11(2)16(10)29-3)9-27-18-15(17(21)25-20(22)26-18)13(19(27)28)7-12-5-4-6-23-12/h4-8,23H,9H2,1-3H3,(H2,22,25,26)/b13-7-. The van der Waals surface area contributed by atoms with Crippen LogP contribution in [0.5, 0.6) is 5.75 Å². The lowest BCUT2D eigenvalue weighted by Crippen LogP contribution is -2.27. The number of nitrogens with zero attached hydrogens (tertiary/aromatic N) is 4. The Morgan fingerprint density at radius 2 is 2.14 bits per heavy atom. The van der Waals surface area contributed by atoms with Crippen molar-refractivity contribution in [3.8, 4) is 5.75 Å². The quantitative estimate of drug-likeness (QED) is 0.505. The maximum Gasteiger partial charge on any atom is 0.260 e. The number of hydrogen-bond donors (Lipinski definition) is 2. The molecule has 1 aliphatic heterocycles. The number of carbonyl (C=O) groups excluding carboxylic acids is 1. The lowest BCUT2D eigenvalue weighted by atomic mass is 10.1. The van der Waals surface area contributed by atoms with E-state index in [0.717, 1.165) is 22.6 Å². The zero-order chi connectivity index (χ0) is 20.7. The van der Waals surface area contributed by atoms with Crippen molar-refractivity contribution in [2.45, 2.75) is 20.4 Å². The van der Waals surface area contributed by atoms with Gasteiger partial charge in [0.05, 0.1) is 30.5 Å². The smallest absolute Gasteiger partial charge is 0.260 e. The number of nitrogen functional groups attached to an aromatic ring is 1. The highest BCUT2D eigenvalue weighted by Gasteiger charge is 2.37. The number of carbonyl (C=O) groups is 1. The van der Waals surface area contributed by atoms with Gasteiger partial charge in [0, 0.05) is 29.2 Å². The van der Waals surface area contributed by atoms with Gasteiger partial charge in [-0.25, -0.2) is 4.98 Å². The van der Waals surface area contributed by atoms with Gasteiger partial charge in [0.1, 0.15) is 10.9 Å². The fourth-order valence-corrected chi connectivity index (χ4v) is 3.74. The van der Waals surface area contributed by atoms with E-state index in [2.05, 4.69) is 19.9 Å². The molecule has 148 valence electrons. The van der Waals surface area contributed by atoms with Crippen LogP contribution in [0, 0.1) is 13.8 Å². The summed E-state index contributed by atoms with van der Waals surface area (Å²) in [7, 11) is 1.61. The number of H-pyrrole nitrogens is 1. The molecule has 0 unspecified atom stereocenters. The van der Waals surface area contributed by atoms with Crippen LogP contribution in [-0.4, -0.2) is 33.0 Å². The number of nitrogens with one attached hydrogen (secondary N) is 1. The van der Waals surface area contributed by atoms with Gasteiger partial charge in [-0.05, 0) is 32.1 Å². The van der Waals surface area contributed by atoms with E-state index in [1.54, 1.807) is 25.6 Å². The molecule has 0 radical (unpaired) electrons. The summed E-state index contributed by atoms with van der Waals surface area (Å²) in [6.45, 7) is 4.03. The molecule has 0 saturated heterocycles. The van der Waals surface area contributed by atoms with Crippen molar-refractivity contribution in [3.63, 3.8) is 0 Å². The Morgan fingerprint density at radius 1 is 1.34 bits per heavy atom. The fraction of sp³-hybridized carbons (Fsp3) is 0.200. The van der Waals surface area contributed by atoms with E-state index < -0.39 is 0 Å². The highest BCUT2D eigenvalue weighted by atomic mass is 35.5. The molecular formula is C20H19ClN6O2. The summed E-state index contributed by atoms with van der Waals surface area (Å²) in [4.78, 5) is 30.7. The number of ether oxygens (including phenoxy) is 1. The third kappa shape index (κ3) is 3.21. The summed E-state index contributed by atoms with van der Waals surface area (Å²) < 4.78 is 5.48. The maximum atomic E-state index is 13.3. The summed E-state index contributed by atoms with van der Waals surface area (Å²) in [5.41, 5.74) is 9.89. The molecule has 29 heavy (non-hydrogen) atoms. The number of amides is 1. The van der Waals surface area contributed by atoms with Crippen LogP contribution in [0.25, 0.3) is 11.6 Å². The number of fused-ring (bicyclic) bond motifs is 1. The lowest BCUT2D eigenvalue weighted by Gasteiger charge is -2.19. The fourth-order valence-electron chi connectivity index (χ4n) is 3.46. The molecule has 0 spiro atoms. The van der Waals surface area contributed by atoms with Gasteiger partial charge in [-0.3, -0.25) is 14.7 Å². The molecular weight excluding hydrogens is 392 g/mol. The van der Waals surface area contributed by atoms with Crippen molar-refractivity contribution >= 4 is 40.9 Å². The van der Waals surface area contributed by atoms with Gasteiger partial charge in [-0.15, -0.1) is 0 Å². The topological polar surface area (TPSA) is 110 Å². The van der Waals surface area contributed by atoms with Crippen LogP contribution in [-0.2, 0) is 11.3 Å². The number of rotatable bonds is 4. The Morgan fingerprint density at radius 3 is 2.83 bits per heavy atom. The van der Waals surface area contributed by atoms with Crippen LogP contribution >= 0.6 is 11.6 Å². The van der Waals surface area contributed by atoms with Crippen LogP contribution in [0.15, 0.2) is 24.5 Å². The Labute approximate surface area is 172 Å². The summed E-state index contributed by atoms with van der Waals surface area (Å²) >= 11 is 6.35. The van der Waals surface area contributed by atoms with E-state index >= 15 is 0 Å². The number of halogens is 1. The molecule has 3 aromatic rings. The summed E-state index contributed by atoms with van der Waals surface area (Å²) in [6, 6.07) is 3.70. The molecule has 4 heterocycles. The average molecular weight is 411 g/mol. The number of aromatic amines is 1. The van der Waals surface area contributed by atoms with Gasteiger partial charge in [0.2, 0.25) is 5.95 Å². The number of pyridine rings is 1. The number of aryl methyl sites for hydroxylation is 1. The van der Waals surface area contributed by atoms with Crippen molar-refractivity contribution in [3.05, 3.63) is 57.8 Å². The minimum absolute atomic E-state index is 0.00107. The highest BCUT2D eigenvalue weighted by molar-refractivity contribution is 6.41. The van der Waals surface area contributed by atoms with E-state index in [1.165, 1.54) is 4.90 Å². The first-order valence-electron chi connectivity index (χ1n) is 8.90. The molecule has 0 aromatic carbocycles. The van der Waals surface area contributed by atoms with E-state index in [-0.39, 0.29) is 23.6 Å². The molecule has 3 aromatic heterocycles. The van der Waals surface area contributed by atoms with Crippen molar-refractivity contribution < 1.29 is 9.53 Å². The highest BCUT2D eigenvalue weighted by Crippen LogP contribution is 2.41. The van der Waals surface area contributed by atoms with Gasteiger partial charge < -0.3 is 15.5 Å². The molecule has 0 bridgehead atoms. The Bertz CT molecular complexity index is 1140. The summed E-state index contributed by atoms with van der Waals surface area (Å²) in [5.74, 6) is 0.853. The number of hydrogen-bond acceptors (Lipinski definition) is 6. The molecule has 1 aliphatic rings. The predicted octanol–water partition coefficient (Wildman–Crippen LogP) is 3.15. The van der Waals surface area contributed by atoms with Gasteiger partial charge in [-0.1, -0.05) is 11.6 Å². The predicted molar refractivity (Wildman–Crippen MR) is 112 cm³/mol. The second-order valence-electron chi connectivity index (χ2n) is 6.69. The zero-order valence-corrected chi connectivity index (χ0v) is 16.9. The number of aromatic nitrogens is 4. The van der Waals surface area contributed by atoms with Crippen molar-refractivity contribution in [2.24, 2.45) is 0 Å². The Hall–Kier alpha value is -3.39. The number of anilines is 2. The first-order valence-corrected chi connectivity index (χ1v) is 9.28. The first-order chi connectivity index (χ1) is 13.9. The maximum absolute atomic E-state index is 13.3. The van der Waals surface area contributed by atoms with Crippen LogP contribution in [0.4, 0.5) is 11.8 Å². The molecule has 1 amide bonds. The van der Waals surface area contributed by atoms with Gasteiger partial charge in [-0.2, -0.15) is 4.98 Å². The molecule has 0 saturated carbocycles. The van der Waals surface area contributed by atoms with E-state index in [1.807, 2.05) is 26.0 Å². The Balaban J connectivity index is 1.83. The van der Waals surface area contributed by atoms with E-state index in [9.17, 15) is 4.79 Å². The van der Waals surface area contributed by atoms with Crippen LogP contribution in [0.1, 0.15) is 28.1 Å². The normalized spacial score (nSPS) is 14.6. The van der Waals surface area contributed by atoms with E-state index in [0.29, 0.717) is 22.6 Å². The van der Waals surface area contributed by atoms with E-state index in [4.69, 9.17) is 22.1 Å².